The van der Waals surface area contributed by atoms with E-state index in [0.29, 0.717) is 5.82 Å². The van der Waals surface area contributed by atoms with Gasteiger partial charge in [-0.2, -0.15) is 0 Å². The minimum atomic E-state index is 0.439. The Kier molecular flexibility index (Phi) is 2.93. The van der Waals surface area contributed by atoms with Gasteiger partial charge in [-0.15, -0.1) is 0 Å². The van der Waals surface area contributed by atoms with Crippen molar-refractivity contribution in [3.63, 3.8) is 0 Å². The molecule has 1 aromatic heterocycles. The summed E-state index contributed by atoms with van der Waals surface area (Å²) in [5, 5.41) is 3.33. The lowest BCUT2D eigenvalue weighted by Gasteiger charge is -2.21. The Morgan fingerprint density at radius 1 is 1.50 bits per heavy atom. The summed E-state index contributed by atoms with van der Waals surface area (Å²) in [5.41, 5.74) is 1.08. The maximum Gasteiger partial charge on any atom is 0.185 e. The van der Waals surface area contributed by atoms with Crippen molar-refractivity contribution < 1.29 is 4.79 Å². The van der Waals surface area contributed by atoms with Gasteiger partial charge in [-0.1, -0.05) is 0 Å². The molecule has 0 spiro atoms. The minimum absolute atomic E-state index is 0.439. The molecule has 2 heterocycles. The molecule has 14 heavy (non-hydrogen) atoms. The van der Waals surface area contributed by atoms with E-state index in [0.717, 1.165) is 37.4 Å². The van der Waals surface area contributed by atoms with Crippen LogP contribution in [0.5, 0.6) is 0 Å². The Morgan fingerprint density at radius 3 is 2.93 bits per heavy atom. The van der Waals surface area contributed by atoms with Gasteiger partial charge in [-0.3, -0.25) is 4.79 Å². The van der Waals surface area contributed by atoms with Gasteiger partial charge in [0.05, 0.1) is 0 Å². The quantitative estimate of drug-likeness (QED) is 0.697. The highest BCUT2D eigenvalue weighted by Gasteiger charge is 2.14. The summed E-state index contributed by atoms with van der Waals surface area (Å²) in [6.45, 7) is 2.22. The van der Waals surface area contributed by atoms with Gasteiger partial charge in [0.25, 0.3) is 0 Å². The van der Waals surface area contributed by atoms with Crippen molar-refractivity contribution in [2.45, 2.75) is 19.3 Å². The molecular weight excluding hydrogens is 178 g/mol. The maximum atomic E-state index is 10.4. The molecular formula is C10H15N3O. The van der Waals surface area contributed by atoms with Crippen LogP contribution in [0.1, 0.15) is 29.2 Å². The first-order valence-electron chi connectivity index (χ1n) is 5.08. The molecule has 0 atom stereocenters. The third kappa shape index (κ3) is 2.20. The van der Waals surface area contributed by atoms with E-state index in [2.05, 4.69) is 15.3 Å². The monoisotopic (exact) mass is 193 g/mol. The second-order valence-corrected chi connectivity index (χ2v) is 3.81. The van der Waals surface area contributed by atoms with Crippen LogP contribution in [-0.2, 0) is 6.42 Å². The van der Waals surface area contributed by atoms with Crippen molar-refractivity contribution in [1.29, 1.82) is 0 Å². The number of carbonyl (C=O) groups excluding carboxylic acids is 1. The van der Waals surface area contributed by atoms with Crippen LogP contribution >= 0.6 is 0 Å². The molecule has 1 aromatic rings. The number of hydrogen-bond donors (Lipinski definition) is 2. The first-order valence-corrected chi connectivity index (χ1v) is 5.08. The number of imidazole rings is 1. The third-order valence-electron chi connectivity index (χ3n) is 2.73. The first kappa shape index (κ1) is 9.40. The van der Waals surface area contributed by atoms with Gasteiger partial charge in [-0.25, -0.2) is 4.98 Å². The lowest BCUT2D eigenvalue weighted by molar-refractivity contribution is 0.111. The zero-order chi connectivity index (χ0) is 9.80. The fourth-order valence-corrected chi connectivity index (χ4v) is 1.94. The van der Waals surface area contributed by atoms with Crippen molar-refractivity contribution >= 4 is 6.29 Å². The van der Waals surface area contributed by atoms with Gasteiger partial charge >= 0.3 is 0 Å². The summed E-state index contributed by atoms with van der Waals surface area (Å²) < 4.78 is 0. The summed E-state index contributed by atoms with van der Waals surface area (Å²) in [5.74, 6) is 1.17. The first-order chi connectivity index (χ1) is 6.88. The summed E-state index contributed by atoms with van der Waals surface area (Å²) >= 11 is 0. The predicted molar refractivity (Wildman–Crippen MR) is 53.3 cm³/mol. The van der Waals surface area contributed by atoms with Crippen molar-refractivity contribution in [1.82, 2.24) is 15.3 Å². The van der Waals surface area contributed by atoms with Crippen LogP contribution in [0, 0.1) is 5.92 Å². The molecule has 2 rings (SSSR count). The van der Waals surface area contributed by atoms with Gasteiger partial charge in [0.1, 0.15) is 0 Å². The fraction of sp³-hybridized carbons (Fsp3) is 0.600. The summed E-state index contributed by atoms with van der Waals surface area (Å²) in [4.78, 5) is 17.4. The van der Waals surface area contributed by atoms with Gasteiger partial charge in [0.2, 0.25) is 0 Å². The number of hydrogen-bond acceptors (Lipinski definition) is 3. The second kappa shape index (κ2) is 4.37. The van der Waals surface area contributed by atoms with Crippen LogP contribution in [0.25, 0.3) is 0 Å². The van der Waals surface area contributed by atoms with E-state index in [1.54, 1.807) is 6.20 Å². The van der Waals surface area contributed by atoms with Crippen LogP contribution in [-0.4, -0.2) is 29.3 Å². The molecule has 0 aliphatic carbocycles. The molecule has 4 nitrogen and oxygen atoms in total. The molecule has 0 saturated carbocycles. The van der Waals surface area contributed by atoms with Gasteiger partial charge in [0, 0.05) is 11.9 Å². The molecule has 76 valence electrons. The number of nitrogens with zero attached hydrogens (tertiary/aromatic N) is 1. The zero-order valence-electron chi connectivity index (χ0n) is 8.12. The molecule has 4 heteroatoms. The second-order valence-electron chi connectivity index (χ2n) is 3.81. The molecule has 0 bridgehead atoms. The average Bonchev–Trinajstić information content (AvgIpc) is 2.67. The van der Waals surface area contributed by atoms with Crippen LogP contribution in [0.15, 0.2) is 6.20 Å². The molecule has 0 amide bonds. The fourth-order valence-electron chi connectivity index (χ4n) is 1.94. The van der Waals surface area contributed by atoms with E-state index in [9.17, 15) is 4.79 Å². The number of piperidine rings is 1. The molecule has 1 saturated heterocycles. The molecule has 0 radical (unpaired) electrons. The molecule has 1 fully saturated rings. The van der Waals surface area contributed by atoms with Gasteiger partial charge < -0.3 is 10.3 Å². The van der Waals surface area contributed by atoms with Crippen LogP contribution in [0.2, 0.25) is 0 Å². The van der Waals surface area contributed by atoms with Crippen molar-refractivity contribution in [2.75, 3.05) is 13.1 Å². The lowest BCUT2D eigenvalue weighted by atomic mass is 9.93. The Hall–Kier alpha value is -1.16. The molecule has 0 unspecified atom stereocenters. The molecule has 1 aliphatic heterocycles. The summed E-state index contributed by atoms with van der Waals surface area (Å²) in [7, 11) is 0. The number of carbonyl (C=O) groups is 1. The standard InChI is InChI=1S/C10H15N3O/c14-7-10-12-6-9(13-10)5-8-1-3-11-4-2-8/h6-8,11H,1-5H2,(H,12,13). The maximum absolute atomic E-state index is 10.4. The SMILES string of the molecule is O=Cc1ncc(CC2CCNCC2)[nH]1. The number of aromatic nitrogens is 2. The average molecular weight is 193 g/mol. The van der Waals surface area contributed by atoms with Crippen LogP contribution in [0.3, 0.4) is 0 Å². The highest BCUT2D eigenvalue weighted by atomic mass is 16.1. The zero-order valence-corrected chi connectivity index (χ0v) is 8.12. The van der Waals surface area contributed by atoms with Crippen LogP contribution < -0.4 is 5.32 Å². The molecule has 2 N–H and O–H groups in total. The number of aldehydes is 1. The smallest absolute Gasteiger partial charge is 0.185 e. The van der Waals surface area contributed by atoms with Gasteiger partial charge in [-0.05, 0) is 38.3 Å². The van der Waals surface area contributed by atoms with E-state index in [1.165, 1.54) is 12.8 Å². The predicted octanol–water partition coefficient (Wildman–Crippen LogP) is 0.764. The van der Waals surface area contributed by atoms with E-state index < -0.39 is 0 Å². The minimum Gasteiger partial charge on any atom is -0.340 e. The van der Waals surface area contributed by atoms with E-state index in [1.807, 2.05) is 0 Å². The number of aromatic amines is 1. The summed E-state index contributed by atoms with van der Waals surface area (Å²) in [6, 6.07) is 0. The topological polar surface area (TPSA) is 57.8 Å². The number of rotatable bonds is 3. The normalized spacial score (nSPS) is 18.3. The number of nitrogens with one attached hydrogen (secondary N) is 2. The van der Waals surface area contributed by atoms with E-state index >= 15 is 0 Å². The Morgan fingerprint density at radius 2 is 2.29 bits per heavy atom. The molecule has 0 aromatic carbocycles. The Bertz CT molecular complexity index is 302. The highest BCUT2D eigenvalue weighted by Crippen LogP contribution is 2.16. The van der Waals surface area contributed by atoms with Crippen molar-refractivity contribution in [2.24, 2.45) is 5.92 Å². The van der Waals surface area contributed by atoms with Gasteiger partial charge in [0.15, 0.2) is 12.1 Å². The lowest BCUT2D eigenvalue weighted by Crippen LogP contribution is -2.28. The third-order valence-corrected chi connectivity index (χ3v) is 2.73. The highest BCUT2D eigenvalue weighted by molar-refractivity contribution is 5.68. The van der Waals surface area contributed by atoms with Crippen molar-refractivity contribution in [3.05, 3.63) is 17.7 Å². The Labute approximate surface area is 83.1 Å². The van der Waals surface area contributed by atoms with E-state index in [-0.39, 0.29) is 0 Å². The largest absolute Gasteiger partial charge is 0.340 e. The van der Waals surface area contributed by atoms with Crippen LogP contribution in [0.4, 0.5) is 0 Å². The van der Waals surface area contributed by atoms with Crippen molar-refractivity contribution in [3.8, 4) is 0 Å². The summed E-state index contributed by atoms with van der Waals surface area (Å²) in [6.07, 6.45) is 5.98. The number of H-pyrrole nitrogens is 1. The molecule has 1 aliphatic rings. The van der Waals surface area contributed by atoms with E-state index in [4.69, 9.17) is 0 Å². The Balaban J connectivity index is 1.92.